The van der Waals surface area contributed by atoms with E-state index in [1.807, 2.05) is 91.0 Å². The van der Waals surface area contributed by atoms with Gasteiger partial charge in [0, 0.05) is 4.47 Å². The lowest BCUT2D eigenvalue weighted by Gasteiger charge is -2.44. The van der Waals surface area contributed by atoms with E-state index in [1.54, 1.807) is 12.1 Å². The molecule has 0 radical (unpaired) electrons. The number of aliphatic hydroxyl groups is 1. The van der Waals surface area contributed by atoms with Crippen LogP contribution in [-0.4, -0.2) is 50.0 Å². The fourth-order valence-electron chi connectivity index (χ4n) is 4.85. The van der Waals surface area contributed by atoms with Crippen molar-refractivity contribution in [2.24, 2.45) is 0 Å². The van der Waals surface area contributed by atoms with Crippen LogP contribution in [-0.2, 0) is 48.6 Å². The van der Waals surface area contributed by atoms with Crippen LogP contribution in [0.25, 0.3) is 0 Å². The predicted octanol–water partition coefficient (Wildman–Crippen LogP) is 5.70. The Balaban J connectivity index is 1.45. The average Bonchev–Trinajstić information content (AvgIpc) is 3.00. The zero-order valence-corrected chi connectivity index (χ0v) is 25.3. The van der Waals surface area contributed by atoms with Crippen LogP contribution in [0.3, 0.4) is 0 Å². The van der Waals surface area contributed by atoms with Crippen LogP contribution in [0.15, 0.2) is 125 Å². The zero-order chi connectivity index (χ0) is 29.4. The SMILES string of the molecule is O=S(=O)(CC1O[C@H](O)C(OCc2ccccc2)[C@H](OCc2ccccc2)[C@@H]1OCc1ccccc1)c1ccc(Br)cc1. The first kappa shape index (κ1) is 30.6. The van der Waals surface area contributed by atoms with Gasteiger partial charge >= 0.3 is 0 Å². The number of sulfone groups is 1. The summed E-state index contributed by atoms with van der Waals surface area (Å²) in [6, 6.07) is 35.2. The first-order valence-electron chi connectivity index (χ1n) is 13.7. The molecule has 7 nitrogen and oxygen atoms in total. The Morgan fingerprint density at radius 2 is 1.05 bits per heavy atom. The number of benzene rings is 4. The largest absolute Gasteiger partial charge is 0.368 e. The lowest BCUT2D eigenvalue weighted by atomic mass is 9.98. The summed E-state index contributed by atoms with van der Waals surface area (Å²) in [6.45, 7) is 0.599. The number of hydrogen-bond donors (Lipinski definition) is 1. The van der Waals surface area contributed by atoms with Gasteiger partial charge in [-0.05, 0) is 41.0 Å². The minimum Gasteiger partial charge on any atom is -0.368 e. The Labute approximate surface area is 255 Å². The van der Waals surface area contributed by atoms with E-state index < -0.39 is 46.3 Å². The van der Waals surface area contributed by atoms with E-state index in [9.17, 15) is 13.5 Å². The van der Waals surface area contributed by atoms with Gasteiger partial charge in [0.1, 0.15) is 24.4 Å². The second-order valence-corrected chi connectivity index (χ2v) is 13.0. The standard InChI is InChI=1S/C33H33BrO7S/c34-27-16-18-28(19-17-27)42(36,37)23-29-30(38-20-24-10-4-1-5-11-24)31(39-21-25-12-6-2-7-13-25)32(33(35)41-29)40-22-26-14-8-3-9-15-26/h1-19,29-33,35H,20-23H2/t29?,30-,31-,32?,33+/m1/s1. The van der Waals surface area contributed by atoms with Crippen LogP contribution in [0.2, 0.25) is 0 Å². The highest BCUT2D eigenvalue weighted by molar-refractivity contribution is 9.10. The topological polar surface area (TPSA) is 91.3 Å². The van der Waals surface area contributed by atoms with Gasteiger partial charge in [-0.3, -0.25) is 0 Å². The molecule has 4 aromatic rings. The van der Waals surface area contributed by atoms with Gasteiger partial charge in [0.2, 0.25) is 0 Å². The van der Waals surface area contributed by atoms with Crippen molar-refractivity contribution >= 4 is 25.8 Å². The number of hydrogen-bond acceptors (Lipinski definition) is 7. The lowest BCUT2D eigenvalue weighted by Crippen LogP contribution is -2.61. The van der Waals surface area contributed by atoms with Crippen LogP contribution in [0.4, 0.5) is 0 Å². The summed E-state index contributed by atoms with van der Waals surface area (Å²) in [7, 11) is -3.81. The second kappa shape index (κ2) is 14.5. The van der Waals surface area contributed by atoms with Crippen molar-refractivity contribution in [3.05, 3.63) is 136 Å². The van der Waals surface area contributed by atoms with Crippen molar-refractivity contribution in [1.82, 2.24) is 0 Å². The Morgan fingerprint density at radius 3 is 1.52 bits per heavy atom. The number of aliphatic hydroxyl groups excluding tert-OH is 1. The number of halogens is 1. The molecule has 0 spiro atoms. The van der Waals surface area contributed by atoms with E-state index in [1.165, 1.54) is 12.1 Å². The average molecular weight is 654 g/mol. The molecule has 1 N–H and O–H groups in total. The van der Waals surface area contributed by atoms with Gasteiger partial charge in [-0.2, -0.15) is 0 Å². The quantitative estimate of drug-likeness (QED) is 0.210. The molecule has 1 fully saturated rings. The molecule has 1 aliphatic heterocycles. The van der Waals surface area contributed by atoms with Gasteiger partial charge in [0.05, 0.1) is 30.5 Å². The van der Waals surface area contributed by atoms with E-state index in [0.717, 1.165) is 21.2 Å². The fraction of sp³-hybridized carbons (Fsp3) is 0.273. The molecule has 0 bridgehead atoms. The van der Waals surface area contributed by atoms with Gasteiger partial charge < -0.3 is 24.1 Å². The Kier molecular flexibility index (Phi) is 10.6. The van der Waals surface area contributed by atoms with E-state index in [0.29, 0.717) is 0 Å². The van der Waals surface area contributed by atoms with E-state index in [2.05, 4.69) is 15.9 Å². The lowest BCUT2D eigenvalue weighted by molar-refractivity contribution is -0.307. The van der Waals surface area contributed by atoms with Crippen LogP contribution in [0.1, 0.15) is 16.7 Å². The van der Waals surface area contributed by atoms with Crippen LogP contribution in [0, 0.1) is 0 Å². The van der Waals surface area contributed by atoms with Crippen LogP contribution in [0.5, 0.6) is 0 Å². The smallest absolute Gasteiger partial charge is 0.184 e. The van der Waals surface area contributed by atoms with Gasteiger partial charge in [0.15, 0.2) is 16.1 Å². The third-order valence-electron chi connectivity index (χ3n) is 7.02. The van der Waals surface area contributed by atoms with Crippen molar-refractivity contribution in [1.29, 1.82) is 0 Å². The molecule has 0 amide bonds. The summed E-state index contributed by atoms with van der Waals surface area (Å²) >= 11 is 3.35. The van der Waals surface area contributed by atoms with Gasteiger partial charge in [0.25, 0.3) is 0 Å². The van der Waals surface area contributed by atoms with Crippen LogP contribution < -0.4 is 0 Å². The predicted molar refractivity (Wildman–Crippen MR) is 162 cm³/mol. The van der Waals surface area contributed by atoms with Gasteiger partial charge in [-0.25, -0.2) is 8.42 Å². The second-order valence-electron chi connectivity index (χ2n) is 10.1. The molecule has 1 heterocycles. The molecule has 5 rings (SSSR count). The summed E-state index contributed by atoms with van der Waals surface area (Å²) in [4.78, 5) is 0.148. The molecule has 9 heteroatoms. The maximum absolute atomic E-state index is 13.5. The molecule has 42 heavy (non-hydrogen) atoms. The van der Waals surface area contributed by atoms with Crippen molar-refractivity contribution < 1.29 is 32.5 Å². The van der Waals surface area contributed by atoms with Gasteiger partial charge in [-0.1, -0.05) is 107 Å². The zero-order valence-electron chi connectivity index (χ0n) is 22.9. The summed E-state index contributed by atoms with van der Waals surface area (Å²) in [5, 5.41) is 11.2. The highest BCUT2D eigenvalue weighted by atomic mass is 79.9. The first-order valence-corrected chi connectivity index (χ1v) is 16.1. The normalized spacial score (nSPS) is 22.6. The van der Waals surface area contributed by atoms with Gasteiger partial charge in [-0.15, -0.1) is 0 Å². The molecular weight excluding hydrogens is 620 g/mol. The fourth-order valence-corrected chi connectivity index (χ4v) is 6.56. The van der Waals surface area contributed by atoms with Crippen molar-refractivity contribution in [3.8, 4) is 0 Å². The first-order chi connectivity index (χ1) is 20.4. The molecule has 1 saturated heterocycles. The third kappa shape index (κ3) is 8.14. The number of ether oxygens (including phenoxy) is 4. The monoisotopic (exact) mass is 652 g/mol. The number of rotatable bonds is 12. The molecule has 0 aliphatic carbocycles. The molecule has 0 saturated carbocycles. The third-order valence-corrected chi connectivity index (χ3v) is 9.31. The molecule has 4 aromatic carbocycles. The molecule has 220 valence electrons. The molecular formula is C33H33BrO7S. The minimum atomic E-state index is -3.81. The van der Waals surface area contributed by atoms with Crippen molar-refractivity contribution in [2.75, 3.05) is 5.75 Å². The van der Waals surface area contributed by atoms with E-state index in [-0.39, 0.29) is 24.7 Å². The van der Waals surface area contributed by atoms with Crippen LogP contribution >= 0.6 is 15.9 Å². The molecule has 0 aromatic heterocycles. The van der Waals surface area contributed by atoms with Crippen molar-refractivity contribution in [2.45, 2.75) is 55.4 Å². The van der Waals surface area contributed by atoms with E-state index >= 15 is 0 Å². The Morgan fingerprint density at radius 1 is 0.619 bits per heavy atom. The summed E-state index contributed by atoms with van der Waals surface area (Å²) in [5.41, 5.74) is 2.73. The molecule has 5 atom stereocenters. The Hall–Kier alpha value is -2.89. The van der Waals surface area contributed by atoms with Crippen molar-refractivity contribution in [3.63, 3.8) is 0 Å². The Bertz CT molecular complexity index is 1490. The highest BCUT2D eigenvalue weighted by Gasteiger charge is 2.49. The summed E-state index contributed by atoms with van der Waals surface area (Å²) < 4.78 is 52.8. The maximum atomic E-state index is 13.5. The van der Waals surface area contributed by atoms with E-state index in [4.69, 9.17) is 18.9 Å². The minimum absolute atomic E-state index is 0.148. The summed E-state index contributed by atoms with van der Waals surface area (Å²) in [5.74, 6) is -0.415. The maximum Gasteiger partial charge on any atom is 0.184 e. The summed E-state index contributed by atoms with van der Waals surface area (Å²) in [6.07, 6.45) is -5.14. The highest BCUT2D eigenvalue weighted by Crippen LogP contribution is 2.31. The molecule has 1 aliphatic rings. The molecule has 2 unspecified atom stereocenters.